The van der Waals surface area contributed by atoms with E-state index in [1.54, 1.807) is 44.2 Å². The second-order valence-electron chi connectivity index (χ2n) is 7.61. The molecule has 2 aromatic carbocycles. The molecule has 1 amide bonds. The number of rotatable bonds is 10. The molecule has 2 aromatic rings. The first-order chi connectivity index (χ1) is 15.6. The van der Waals surface area contributed by atoms with Gasteiger partial charge in [-0.05, 0) is 67.1 Å². The first-order valence-corrected chi connectivity index (χ1v) is 12.6. The van der Waals surface area contributed by atoms with E-state index >= 15 is 0 Å². The first-order valence-electron chi connectivity index (χ1n) is 10.5. The maximum atomic E-state index is 12.5. The van der Waals surface area contributed by atoms with Crippen LogP contribution in [0.15, 0.2) is 42.5 Å². The largest absolute Gasteiger partial charge is 0.493 e. The van der Waals surface area contributed by atoms with Gasteiger partial charge in [0.1, 0.15) is 12.1 Å². The molecule has 0 aliphatic rings. The SMILES string of the molecule is CCS(=O)(=O)NC(C(=O)NCCc1ccc(OC#Cc2ccc(Cl)cc2)c(OC)c1)C(C)C. The summed E-state index contributed by atoms with van der Waals surface area (Å²) in [6, 6.07) is 11.7. The van der Waals surface area contributed by atoms with Crippen molar-refractivity contribution in [1.82, 2.24) is 10.0 Å². The average molecular weight is 493 g/mol. The summed E-state index contributed by atoms with van der Waals surface area (Å²) >= 11 is 5.86. The summed E-state index contributed by atoms with van der Waals surface area (Å²) in [7, 11) is -1.95. The number of sulfonamides is 1. The van der Waals surface area contributed by atoms with Gasteiger partial charge in [0, 0.05) is 17.1 Å². The minimum absolute atomic E-state index is 0.0816. The molecule has 1 atom stereocenters. The third kappa shape index (κ3) is 8.61. The van der Waals surface area contributed by atoms with E-state index in [1.807, 2.05) is 12.1 Å². The van der Waals surface area contributed by atoms with Crippen molar-refractivity contribution in [2.45, 2.75) is 33.2 Å². The summed E-state index contributed by atoms with van der Waals surface area (Å²) in [4.78, 5) is 12.5. The van der Waals surface area contributed by atoms with Crippen LogP contribution in [-0.4, -0.2) is 39.8 Å². The maximum absolute atomic E-state index is 12.5. The number of benzene rings is 2. The Balaban J connectivity index is 1.96. The lowest BCUT2D eigenvalue weighted by molar-refractivity contribution is -0.123. The number of hydrogen-bond acceptors (Lipinski definition) is 5. The number of nitrogens with one attached hydrogen (secondary N) is 2. The molecule has 0 aliphatic carbocycles. The standard InChI is InChI=1S/C24H29ClN2O5S/c1-5-33(29,30)27-23(17(2)3)24(28)26-14-12-19-8-11-21(22(16-19)31-4)32-15-13-18-6-9-20(25)10-7-18/h6-11,16-17,23,27H,5,12,14H2,1-4H3,(H,26,28). The van der Waals surface area contributed by atoms with E-state index in [2.05, 4.69) is 22.1 Å². The maximum Gasteiger partial charge on any atom is 0.238 e. The molecule has 0 bridgehead atoms. The highest BCUT2D eigenvalue weighted by molar-refractivity contribution is 7.89. The molecular formula is C24H29ClN2O5S. The average Bonchev–Trinajstić information content (AvgIpc) is 2.79. The van der Waals surface area contributed by atoms with E-state index in [0.29, 0.717) is 29.5 Å². The molecule has 0 saturated carbocycles. The topological polar surface area (TPSA) is 93.7 Å². The molecule has 0 spiro atoms. The van der Waals surface area contributed by atoms with Gasteiger partial charge in [-0.25, -0.2) is 13.1 Å². The summed E-state index contributed by atoms with van der Waals surface area (Å²) < 4.78 is 37.1. The summed E-state index contributed by atoms with van der Waals surface area (Å²) in [6.45, 7) is 5.46. The van der Waals surface area contributed by atoms with Crippen LogP contribution in [0.4, 0.5) is 0 Å². The van der Waals surface area contributed by atoms with Crippen molar-refractivity contribution < 1.29 is 22.7 Å². The molecule has 2 N–H and O–H groups in total. The number of ether oxygens (including phenoxy) is 2. The quantitative estimate of drug-likeness (QED) is 0.496. The lowest BCUT2D eigenvalue weighted by atomic mass is 10.0. The Labute approximate surface area is 200 Å². The summed E-state index contributed by atoms with van der Waals surface area (Å²) in [6.07, 6.45) is 3.18. The monoisotopic (exact) mass is 492 g/mol. The molecule has 0 aliphatic heterocycles. The molecule has 1 unspecified atom stereocenters. The predicted molar refractivity (Wildman–Crippen MR) is 130 cm³/mol. The Bertz CT molecular complexity index is 1110. The van der Waals surface area contributed by atoms with Gasteiger partial charge in [0.25, 0.3) is 0 Å². The fourth-order valence-corrected chi connectivity index (χ4v) is 3.89. The van der Waals surface area contributed by atoms with Crippen molar-refractivity contribution in [3.05, 3.63) is 58.6 Å². The first kappa shape index (κ1) is 26.5. The van der Waals surface area contributed by atoms with Crippen LogP contribution in [0.25, 0.3) is 0 Å². The highest BCUT2D eigenvalue weighted by Gasteiger charge is 2.26. The van der Waals surface area contributed by atoms with E-state index in [9.17, 15) is 13.2 Å². The van der Waals surface area contributed by atoms with E-state index < -0.39 is 16.1 Å². The molecule has 178 valence electrons. The van der Waals surface area contributed by atoms with Crippen LogP contribution in [0.3, 0.4) is 0 Å². The van der Waals surface area contributed by atoms with Crippen LogP contribution in [0, 0.1) is 17.9 Å². The fraction of sp³-hybridized carbons (Fsp3) is 0.375. The van der Waals surface area contributed by atoms with Crippen molar-refractivity contribution in [2.75, 3.05) is 19.4 Å². The summed E-state index contributed by atoms with van der Waals surface area (Å²) in [5.74, 6) is 3.26. The zero-order valence-corrected chi connectivity index (χ0v) is 20.7. The van der Waals surface area contributed by atoms with Gasteiger partial charge in [0.15, 0.2) is 11.5 Å². The normalized spacial score (nSPS) is 11.9. The zero-order chi connectivity index (χ0) is 24.4. The Morgan fingerprint density at radius 3 is 2.42 bits per heavy atom. The van der Waals surface area contributed by atoms with Gasteiger partial charge < -0.3 is 14.8 Å². The van der Waals surface area contributed by atoms with E-state index in [0.717, 1.165) is 11.1 Å². The molecule has 9 heteroatoms. The van der Waals surface area contributed by atoms with Crippen molar-refractivity contribution in [3.8, 4) is 23.5 Å². The molecule has 33 heavy (non-hydrogen) atoms. The van der Waals surface area contributed by atoms with Crippen molar-refractivity contribution >= 4 is 27.5 Å². The lowest BCUT2D eigenvalue weighted by Gasteiger charge is -2.21. The highest BCUT2D eigenvalue weighted by Crippen LogP contribution is 2.28. The Kier molecular flexibility index (Phi) is 10.0. The second-order valence-corrected chi connectivity index (χ2v) is 10.1. The van der Waals surface area contributed by atoms with Crippen LogP contribution in [0.2, 0.25) is 5.02 Å². The zero-order valence-electron chi connectivity index (χ0n) is 19.1. The number of amides is 1. The van der Waals surface area contributed by atoms with Crippen LogP contribution in [-0.2, 0) is 21.2 Å². The van der Waals surface area contributed by atoms with Crippen molar-refractivity contribution in [2.24, 2.45) is 5.92 Å². The van der Waals surface area contributed by atoms with Gasteiger partial charge in [-0.2, -0.15) is 0 Å². The van der Waals surface area contributed by atoms with E-state index in [1.165, 1.54) is 14.0 Å². The molecule has 0 saturated heterocycles. The molecule has 7 nitrogen and oxygen atoms in total. The van der Waals surface area contributed by atoms with Crippen LogP contribution < -0.4 is 19.5 Å². The van der Waals surface area contributed by atoms with Crippen molar-refractivity contribution in [1.29, 1.82) is 0 Å². The number of hydrogen-bond donors (Lipinski definition) is 2. The third-order valence-corrected chi connectivity index (χ3v) is 6.40. The second kappa shape index (κ2) is 12.5. The predicted octanol–water partition coefficient (Wildman–Crippen LogP) is 3.36. The third-order valence-electron chi connectivity index (χ3n) is 4.78. The fourth-order valence-electron chi connectivity index (χ4n) is 2.83. The molecule has 0 heterocycles. The number of halogens is 1. The van der Waals surface area contributed by atoms with E-state index in [-0.39, 0.29) is 17.6 Å². The number of carbonyl (C=O) groups is 1. The molecule has 0 fully saturated rings. The van der Waals surface area contributed by atoms with Crippen LogP contribution in [0.1, 0.15) is 31.9 Å². The van der Waals surface area contributed by atoms with E-state index in [4.69, 9.17) is 21.1 Å². The van der Waals surface area contributed by atoms with Gasteiger partial charge in [0.05, 0.1) is 12.9 Å². The smallest absolute Gasteiger partial charge is 0.238 e. The van der Waals surface area contributed by atoms with Gasteiger partial charge in [0.2, 0.25) is 15.9 Å². The minimum atomic E-state index is -3.49. The highest BCUT2D eigenvalue weighted by atomic mass is 35.5. The Morgan fingerprint density at radius 1 is 1.12 bits per heavy atom. The summed E-state index contributed by atoms with van der Waals surface area (Å²) in [5.41, 5.74) is 1.69. The minimum Gasteiger partial charge on any atom is -0.493 e. The summed E-state index contributed by atoms with van der Waals surface area (Å²) in [5, 5.41) is 3.43. The van der Waals surface area contributed by atoms with Crippen LogP contribution >= 0.6 is 11.6 Å². The molecule has 2 rings (SSSR count). The van der Waals surface area contributed by atoms with Gasteiger partial charge >= 0.3 is 0 Å². The number of carbonyl (C=O) groups excluding carboxylic acids is 1. The molecular weight excluding hydrogens is 464 g/mol. The Morgan fingerprint density at radius 2 is 1.82 bits per heavy atom. The van der Waals surface area contributed by atoms with Gasteiger partial charge in [-0.15, -0.1) is 0 Å². The van der Waals surface area contributed by atoms with Gasteiger partial charge in [-0.1, -0.05) is 31.5 Å². The van der Waals surface area contributed by atoms with Gasteiger partial charge in [-0.3, -0.25) is 4.79 Å². The molecule has 0 aromatic heterocycles. The Hall–Kier alpha value is -2.73. The molecule has 0 radical (unpaired) electrons. The van der Waals surface area contributed by atoms with Crippen LogP contribution in [0.5, 0.6) is 11.5 Å². The van der Waals surface area contributed by atoms with Crippen molar-refractivity contribution in [3.63, 3.8) is 0 Å². The lowest BCUT2D eigenvalue weighted by Crippen LogP contribution is -2.50. The number of methoxy groups -OCH3 is 1.